The Balaban J connectivity index is 1.54. The Bertz CT molecular complexity index is 1090. The summed E-state index contributed by atoms with van der Waals surface area (Å²) in [5.41, 5.74) is 8.51. The van der Waals surface area contributed by atoms with Gasteiger partial charge in [-0.1, -0.05) is 23.5 Å². The molecule has 0 radical (unpaired) electrons. The smallest absolute Gasteiger partial charge is 0.204 e. The average molecular weight is 391 g/mol. The molecule has 0 spiro atoms. The number of nitrogens with one attached hydrogen (secondary N) is 1. The van der Waals surface area contributed by atoms with E-state index in [0.717, 1.165) is 43.7 Å². The second-order valence-corrected chi connectivity index (χ2v) is 7.48. The van der Waals surface area contributed by atoms with Crippen molar-refractivity contribution in [2.45, 2.75) is 20.8 Å². The molecule has 2 aromatic heterocycles. The molecule has 0 aliphatic heterocycles. The zero-order valence-electron chi connectivity index (χ0n) is 16.1. The van der Waals surface area contributed by atoms with E-state index in [4.69, 9.17) is 4.74 Å². The van der Waals surface area contributed by atoms with E-state index in [2.05, 4.69) is 58.2 Å². The molecule has 4 aromatic rings. The number of ether oxygens (including phenoxy) is 1. The highest BCUT2D eigenvalue weighted by Gasteiger charge is 2.10. The van der Waals surface area contributed by atoms with Crippen LogP contribution in [0.2, 0.25) is 0 Å². The monoisotopic (exact) mass is 390 g/mol. The fraction of sp³-hybridized carbons (Fsp3) is 0.182. The predicted molar refractivity (Wildman–Crippen MR) is 117 cm³/mol. The van der Waals surface area contributed by atoms with Gasteiger partial charge in [-0.25, -0.2) is 4.98 Å². The lowest BCUT2D eigenvalue weighted by Gasteiger charge is -2.10. The molecule has 0 bridgehead atoms. The van der Waals surface area contributed by atoms with Crippen molar-refractivity contribution >= 4 is 32.9 Å². The molecule has 0 saturated heterocycles. The lowest BCUT2D eigenvalue weighted by Crippen LogP contribution is -2.00. The number of hydrogen-bond acceptors (Lipinski definition) is 5. The summed E-state index contributed by atoms with van der Waals surface area (Å²) in [4.78, 5) is 4.54. The van der Waals surface area contributed by atoms with Gasteiger partial charge in [-0.15, -0.1) is 0 Å². The third kappa shape index (κ3) is 3.64. The summed E-state index contributed by atoms with van der Waals surface area (Å²) in [7, 11) is 0. The van der Waals surface area contributed by atoms with Crippen molar-refractivity contribution in [2.75, 3.05) is 12.0 Å². The molecule has 2 heterocycles. The predicted octanol–water partition coefficient (Wildman–Crippen LogP) is 5.55. The first kappa shape index (κ1) is 18.3. The largest absolute Gasteiger partial charge is 0.494 e. The van der Waals surface area contributed by atoms with Crippen LogP contribution in [-0.4, -0.2) is 22.4 Å². The molecule has 0 amide bonds. The lowest BCUT2D eigenvalue weighted by molar-refractivity contribution is 0.340. The average Bonchev–Trinajstić information content (AvgIpc) is 3.23. The molecule has 6 heteroatoms. The van der Waals surface area contributed by atoms with Gasteiger partial charge in [0.15, 0.2) is 0 Å². The van der Waals surface area contributed by atoms with Crippen LogP contribution in [0, 0.1) is 13.8 Å². The van der Waals surface area contributed by atoms with Crippen molar-refractivity contribution in [3.63, 3.8) is 0 Å². The fourth-order valence-corrected chi connectivity index (χ4v) is 4.07. The second-order valence-electron chi connectivity index (χ2n) is 6.45. The van der Waals surface area contributed by atoms with Crippen LogP contribution in [0.1, 0.15) is 23.9 Å². The third-order valence-electron chi connectivity index (χ3n) is 4.53. The van der Waals surface area contributed by atoms with Gasteiger partial charge in [-0.05, 0) is 63.2 Å². The van der Waals surface area contributed by atoms with Crippen LogP contribution in [0.4, 0.5) is 5.13 Å². The Morgan fingerprint density at radius 3 is 2.68 bits per heavy atom. The van der Waals surface area contributed by atoms with Crippen LogP contribution in [-0.2, 0) is 0 Å². The molecular weight excluding hydrogens is 368 g/mol. The minimum Gasteiger partial charge on any atom is -0.494 e. The van der Waals surface area contributed by atoms with E-state index in [1.807, 2.05) is 43.5 Å². The molecule has 0 fully saturated rings. The first-order valence-electron chi connectivity index (χ1n) is 9.22. The van der Waals surface area contributed by atoms with E-state index in [0.29, 0.717) is 6.61 Å². The SMILES string of the molecule is CCOc1ccc(-n2c(C)cc(/C=N/Nc3nc4ccccc4s3)c2C)cc1. The minimum atomic E-state index is 0.670. The molecule has 28 heavy (non-hydrogen) atoms. The topological polar surface area (TPSA) is 51.4 Å². The van der Waals surface area contributed by atoms with Gasteiger partial charge in [-0.3, -0.25) is 5.43 Å². The van der Waals surface area contributed by atoms with E-state index < -0.39 is 0 Å². The number of thiazole rings is 1. The van der Waals surface area contributed by atoms with Gasteiger partial charge in [0.2, 0.25) is 5.13 Å². The molecule has 0 atom stereocenters. The molecule has 4 rings (SSSR count). The van der Waals surface area contributed by atoms with Crippen molar-refractivity contribution in [3.05, 3.63) is 71.5 Å². The molecule has 0 aliphatic carbocycles. The summed E-state index contributed by atoms with van der Waals surface area (Å²) < 4.78 is 8.90. The van der Waals surface area contributed by atoms with E-state index in [9.17, 15) is 0 Å². The highest BCUT2D eigenvalue weighted by Crippen LogP contribution is 2.25. The summed E-state index contributed by atoms with van der Waals surface area (Å²) in [6, 6.07) is 18.4. The van der Waals surface area contributed by atoms with Crippen LogP contribution < -0.4 is 10.2 Å². The Kier molecular flexibility index (Phi) is 5.12. The maximum Gasteiger partial charge on any atom is 0.204 e. The number of para-hydroxylation sites is 1. The minimum absolute atomic E-state index is 0.670. The highest BCUT2D eigenvalue weighted by atomic mass is 32.1. The Morgan fingerprint density at radius 1 is 1.14 bits per heavy atom. The lowest BCUT2D eigenvalue weighted by atomic mass is 10.2. The highest BCUT2D eigenvalue weighted by molar-refractivity contribution is 7.22. The van der Waals surface area contributed by atoms with Crippen molar-refractivity contribution < 1.29 is 4.74 Å². The van der Waals surface area contributed by atoms with Gasteiger partial charge in [0.05, 0.1) is 23.0 Å². The van der Waals surface area contributed by atoms with Crippen molar-refractivity contribution in [2.24, 2.45) is 5.10 Å². The van der Waals surface area contributed by atoms with Crippen molar-refractivity contribution in [1.82, 2.24) is 9.55 Å². The molecule has 2 aromatic carbocycles. The number of hydrogen-bond donors (Lipinski definition) is 1. The van der Waals surface area contributed by atoms with E-state index >= 15 is 0 Å². The summed E-state index contributed by atoms with van der Waals surface area (Å²) in [5, 5.41) is 5.18. The fourth-order valence-electron chi connectivity index (χ4n) is 3.25. The van der Waals surface area contributed by atoms with Gasteiger partial charge < -0.3 is 9.30 Å². The quantitative estimate of drug-likeness (QED) is 0.347. The van der Waals surface area contributed by atoms with Gasteiger partial charge in [0.25, 0.3) is 0 Å². The van der Waals surface area contributed by atoms with E-state index in [1.165, 1.54) is 0 Å². The van der Waals surface area contributed by atoms with Crippen LogP contribution in [0.25, 0.3) is 15.9 Å². The van der Waals surface area contributed by atoms with Crippen LogP contribution in [0.3, 0.4) is 0 Å². The molecule has 0 unspecified atom stereocenters. The number of aryl methyl sites for hydroxylation is 1. The summed E-state index contributed by atoms with van der Waals surface area (Å²) in [6.07, 6.45) is 1.85. The Labute approximate surface area is 168 Å². The number of benzene rings is 2. The zero-order chi connectivity index (χ0) is 19.5. The number of fused-ring (bicyclic) bond motifs is 1. The Hall–Kier alpha value is -3.12. The van der Waals surface area contributed by atoms with E-state index in [-0.39, 0.29) is 0 Å². The molecule has 0 aliphatic rings. The van der Waals surface area contributed by atoms with Crippen LogP contribution in [0.5, 0.6) is 5.75 Å². The number of anilines is 1. The number of rotatable bonds is 6. The van der Waals surface area contributed by atoms with E-state index in [1.54, 1.807) is 11.3 Å². The van der Waals surface area contributed by atoms with Crippen molar-refractivity contribution in [3.8, 4) is 11.4 Å². The molecular formula is C22H22N4OS. The van der Waals surface area contributed by atoms with Gasteiger partial charge in [0, 0.05) is 22.6 Å². The third-order valence-corrected chi connectivity index (χ3v) is 5.47. The maximum absolute atomic E-state index is 5.54. The zero-order valence-corrected chi connectivity index (χ0v) is 17.0. The standard InChI is InChI=1S/C22H22N4OS/c1-4-27-19-11-9-18(10-12-19)26-15(2)13-17(16(26)3)14-23-25-22-24-20-7-5-6-8-21(20)28-22/h5-14H,4H2,1-3H3,(H,24,25)/b23-14+. The summed E-state index contributed by atoms with van der Waals surface area (Å²) in [6.45, 7) is 6.86. The number of hydrazone groups is 1. The van der Waals surface area contributed by atoms with Gasteiger partial charge in [-0.2, -0.15) is 5.10 Å². The normalized spacial score (nSPS) is 11.4. The first-order valence-corrected chi connectivity index (χ1v) is 10.0. The van der Waals surface area contributed by atoms with Crippen molar-refractivity contribution in [1.29, 1.82) is 0 Å². The van der Waals surface area contributed by atoms with Crippen LogP contribution >= 0.6 is 11.3 Å². The maximum atomic E-state index is 5.54. The number of aromatic nitrogens is 2. The van der Waals surface area contributed by atoms with Gasteiger partial charge in [0.1, 0.15) is 5.75 Å². The van der Waals surface area contributed by atoms with Gasteiger partial charge >= 0.3 is 0 Å². The summed E-state index contributed by atoms with van der Waals surface area (Å²) in [5.74, 6) is 0.885. The molecule has 5 nitrogen and oxygen atoms in total. The Morgan fingerprint density at radius 2 is 1.93 bits per heavy atom. The molecule has 142 valence electrons. The molecule has 0 saturated carbocycles. The summed E-state index contributed by atoms with van der Waals surface area (Å²) >= 11 is 1.59. The first-order chi connectivity index (χ1) is 13.7. The second kappa shape index (κ2) is 7.86. The van der Waals surface area contributed by atoms with Crippen LogP contribution in [0.15, 0.2) is 59.7 Å². The number of nitrogens with zero attached hydrogens (tertiary/aromatic N) is 3. The molecule has 1 N–H and O–H groups in total.